The summed E-state index contributed by atoms with van der Waals surface area (Å²) < 4.78 is 0. The maximum atomic E-state index is 11.8. The summed E-state index contributed by atoms with van der Waals surface area (Å²) in [6.45, 7) is 3.49. The normalized spacial score (nSPS) is 11.2. The van der Waals surface area contributed by atoms with Crippen LogP contribution in [0.2, 0.25) is 0 Å². The van der Waals surface area contributed by atoms with Crippen LogP contribution >= 0.6 is 0 Å². The van der Waals surface area contributed by atoms with Crippen LogP contribution in [0.1, 0.15) is 0 Å². The van der Waals surface area contributed by atoms with Crippen LogP contribution in [-0.2, 0) is 14.4 Å². The van der Waals surface area contributed by atoms with Crippen molar-refractivity contribution in [2.45, 2.75) is 0 Å². The van der Waals surface area contributed by atoms with Crippen molar-refractivity contribution < 1.29 is 19.5 Å². The summed E-state index contributed by atoms with van der Waals surface area (Å²) in [6.07, 6.45) is 0. The zero-order valence-corrected chi connectivity index (χ0v) is 15.5. The number of rotatable bonds is 14. The number of hydrogen-bond donors (Lipinski definition) is 4. The van der Waals surface area contributed by atoms with E-state index in [1.807, 2.05) is 11.9 Å². The molecule has 0 aliphatic rings. The second kappa shape index (κ2) is 13.5. The number of amides is 2. The van der Waals surface area contributed by atoms with Gasteiger partial charge in [0.1, 0.15) is 0 Å². The predicted molar refractivity (Wildman–Crippen MR) is 95.2 cm³/mol. The molecule has 0 aromatic heterocycles. The van der Waals surface area contributed by atoms with E-state index in [4.69, 9.17) is 10.8 Å². The third kappa shape index (κ3) is 14.3. The maximum absolute atomic E-state index is 11.8. The van der Waals surface area contributed by atoms with Crippen molar-refractivity contribution in [3.8, 4) is 0 Å². The third-order valence-electron chi connectivity index (χ3n) is 3.37. The summed E-state index contributed by atoms with van der Waals surface area (Å²) in [5.74, 6) is -1.11. The first-order valence-corrected chi connectivity index (χ1v) is 8.25. The summed E-state index contributed by atoms with van der Waals surface area (Å²) in [5, 5.41) is 14.2. The minimum absolute atomic E-state index is 0.0596. The van der Waals surface area contributed by atoms with Crippen LogP contribution in [0.5, 0.6) is 0 Å². The summed E-state index contributed by atoms with van der Waals surface area (Å²) in [5.41, 5.74) is 5.42. The quantitative estimate of drug-likeness (QED) is 0.259. The van der Waals surface area contributed by atoms with E-state index in [1.165, 1.54) is 0 Å². The molecule has 10 heteroatoms. The molecule has 0 aromatic carbocycles. The van der Waals surface area contributed by atoms with Gasteiger partial charge in [-0.1, -0.05) is 0 Å². The Bertz CT molecular complexity index is 421. The van der Waals surface area contributed by atoms with Crippen LogP contribution in [0.3, 0.4) is 0 Å². The molecule has 0 rings (SSSR count). The number of nitrogens with two attached hydrogens (primary N) is 1. The van der Waals surface area contributed by atoms with Gasteiger partial charge in [0.05, 0.1) is 19.6 Å². The third-order valence-corrected chi connectivity index (χ3v) is 3.37. The molecule has 0 atom stereocenters. The number of nitrogens with one attached hydrogen (secondary N) is 2. The van der Waals surface area contributed by atoms with Crippen LogP contribution in [0.25, 0.3) is 0 Å². The number of aliphatic carboxylic acids is 1. The Labute approximate surface area is 149 Å². The van der Waals surface area contributed by atoms with E-state index in [9.17, 15) is 14.4 Å². The van der Waals surface area contributed by atoms with E-state index >= 15 is 0 Å². The molecule has 2 amide bonds. The highest BCUT2D eigenvalue weighted by Gasteiger charge is 2.09. The molecule has 0 aliphatic carbocycles. The Balaban J connectivity index is 3.77. The second-order valence-corrected chi connectivity index (χ2v) is 6.10. The Morgan fingerprint density at radius 3 is 1.60 bits per heavy atom. The van der Waals surface area contributed by atoms with Gasteiger partial charge in [0.2, 0.25) is 11.8 Å². The highest BCUT2D eigenvalue weighted by Crippen LogP contribution is 1.84. The molecule has 0 radical (unpaired) electrons. The molecule has 0 fully saturated rings. The van der Waals surface area contributed by atoms with Crippen LogP contribution in [-0.4, -0.2) is 118 Å². The summed E-state index contributed by atoms with van der Waals surface area (Å²) in [4.78, 5) is 39.2. The highest BCUT2D eigenvalue weighted by molar-refractivity contribution is 5.78. The number of carboxylic acid groups (broad SMARTS) is 1. The van der Waals surface area contributed by atoms with E-state index in [1.54, 1.807) is 23.9 Å². The summed E-state index contributed by atoms with van der Waals surface area (Å²) >= 11 is 0. The first-order valence-electron chi connectivity index (χ1n) is 8.25. The van der Waals surface area contributed by atoms with E-state index in [-0.39, 0.29) is 24.9 Å². The highest BCUT2D eigenvalue weighted by atomic mass is 16.4. The minimum Gasteiger partial charge on any atom is -0.480 e. The van der Waals surface area contributed by atoms with Crippen molar-refractivity contribution in [1.29, 1.82) is 0 Å². The van der Waals surface area contributed by atoms with Crippen molar-refractivity contribution in [3.63, 3.8) is 0 Å². The average Bonchev–Trinajstić information content (AvgIpc) is 2.46. The van der Waals surface area contributed by atoms with Crippen LogP contribution in [0.15, 0.2) is 0 Å². The van der Waals surface area contributed by atoms with Crippen LogP contribution in [0, 0.1) is 0 Å². The molecule has 0 aromatic rings. The van der Waals surface area contributed by atoms with Gasteiger partial charge in [0.25, 0.3) is 0 Å². The minimum atomic E-state index is -0.898. The van der Waals surface area contributed by atoms with Crippen molar-refractivity contribution >= 4 is 17.8 Å². The Morgan fingerprint density at radius 2 is 1.20 bits per heavy atom. The van der Waals surface area contributed by atoms with E-state index in [2.05, 4.69) is 10.6 Å². The van der Waals surface area contributed by atoms with Gasteiger partial charge in [-0.25, -0.2) is 0 Å². The zero-order valence-electron chi connectivity index (χ0n) is 15.5. The molecule has 0 aliphatic heterocycles. The lowest BCUT2D eigenvalue weighted by Crippen LogP contribution is -2.43. The molecule has 0 saturated heterocycles. The smallest absolute Gasteiger partial charge is 0.317 e. The number of carbonyl (C=O) groups excluding carboxylic acids is 2. The summed E-state index contributed by atoms with van der Waals surface area (Å²) in [6, 6.07) is 0. The van der Waals surface area contributed by atoms with Crippen molar-refractivity contribution in [2.24, 2.45) is 5.73 Å². The van der Waals surface area contributed by atoms with Crippen molar-refractivity contribution in [2.75, 3.05) is 80.0 Å². The number of carboxylic acids is 1. The second-order valence-electron chi connectivity index (χ2n) is 6.10. The number of nitrogens with zero attached hydrogens (tertiary/aromatic N) is 3. The first kappa shape index (κ1) is 23.2. The number of likely N-dealkylation sites (N-methyl/N-ethyl adjacent to an activating group) is 3. The maximum Gasteiger partial charge on any atom is 0.317 e. The lowest BCUT2D eigenvalue weighted by atomic mass is 10.4. The Kier molecular flexibility index (Phi) is 12.6. The molecule has 0 saturated carbocycles. The van der Waals surface area contributed by atoms with Gasteiger partial charge in [0.15, 0.2) is 0 Å². The van der Waals surface area contributed by atoms with Crippen molar-refractivity contribution in [1.82, 2.24) is 25.3 Å². The predicted octanol–water partition coefficient (Wildman–Crippen LogP) is -2.94. The molecular formula is C15H32N6O4. The molecule has 5 N–H and O–H groups in total. The molecule has 25 heavy (non-hydrogen) atoms. The van der Waals surface area contributed by atoms with E-state index in [0.29, 0.717) is 45.8 Å². The van der Waals surface area contributed by atoms with Gasteiger partial charge < -0.3 is 21.5 Å². The fourth-order valence-corrected chi connectivity index (χ4v) is 2.06. The number of hydrogen-bond acceptors (Lipinski definition) is 7. The molecule has 10 nitrogen and oxygen atoms in total. The molecule has 0 unspecified atom stereocenters. The fourth-order valence-electron chi connectivity index (χ4n) is 2.06. The zero-order chi connectivity index (χ0) is 19.2. The topological polar surface area (TPSA) is 131 Å². The van der Waals surface area contributed by atoms with Gasteiger partial charge in [-0.05, 0) is 21.1 Å². The lowest BCUT2D eigenvalue weighted by Gasteiger charge is -2.19. The van der Waals surface area contributed by atoms with Gasteiger partial charge in [-0.3, -0.25) is 29.1 Å². The summed E-state index contributed by atoms with van der Waals surface area (Å²) in [7, 11) is 5.31. The van der Waals surface area contributed by atoms with Crippen LogP contribution < -0.4 is 16.4 Å². The molecule has 146 valence electrons. The molecular weight excluding hydrogens is 328 g/mol. The average molecular weight is 360 g/mol. The van der Waals surface area contributed by atoms with Crippen LogP contribution in [0.4, 0.5) is 0 Å². The molecule has 0 heterocycles. The van der Waals surface area contributed by atoms with Gasteiger partial charge >= 0.3 is 5.97 Å². The molecule has 0 spiro atoms. The van der Waals surface area contributed by atoms with E-state index in [0.717, 1.165) is 0 Å². The number of carbonyl (C=O) groups is 3. The molecule has 0 bridgehead atoms. The Hall–Kier alpha value is -1.75. The van der Waals surface area contributed by atoms with Gasteiger partial charge in [0, 0.05) is 39.3 Å². The van der Waals surface area contributed by atoms with E-state index < -0.39 is 5.97 Å². The largest absolute Gasteiger partial charge is 0.480 e. The standard InChI is InChI=1S/C15H32N6O4/c1-19(7-4-16)10-13(22)17-5-8-20(2)11-14(23)18-6-9-21(3)12-15(24)25/h4-12,16H2,1-3H3,(H,17,22)(H,18,23)(H,24,25). The van der Waals surface area contributed by atoms with Gasteiger partial charge in [-0.15, -0.1) is 0 Å². The monoisotopic (exact) mass is 360 g/mol. The fraction of sp³-hybridized carbons (Fsp3) is 0.800. The van der Waals surface area contributed by atoms with Crippen molar-refractivity contribution in [3.05, 3.63) is 0 Å². The Morgan fingerprint density at radius 1 is 0.800 bits per heavy atom. The SMILES string of the molecule is CN(CCNC(=O)CN(C)CCNC(=O)CN(C)CCN)CC(=O)O. The first-order chi connectivity index (χ1) is 11.7. The van der Waals surface area contributed by atoms with Gasteiger partial charge in [-0.2, -0.15) is 0 Å². The lowest BCUT2D eigenvalue weighted by molar-refractivity contribution is -0.138.